The highest BCUT2D eigenvalue weighted by Crippen LogP contribution is 2.35. The van der Waals surface area contributed by atoms with Crippen molar-refractivity contribution in [3.8, 4) is 0 Å². The number of rotatable bonds is 4. The van der Waals surface area contributed by atoms with Crippen LogP contribution in [0, 0.1) is 20.8 Å². The van der Waals surface area contributed by atoms with Gasteiger partial charge in [-0.15, -0.1) is 0 Å². The lowest BCUT2D eigenvalue weighted by Gasteiger charge is -2.47. The van der Waals surface area contributed by atoms with Crippen molar-refractivity contribution in [2.75, 3.05) is 18.0 Å². The van der Waals surface area contributed by atoms with E-state index in [2.05, 4.69) is 20.4 Å². The lowest BCUT2D eigenvalue weighted by Crippen LogP contribution is -2.62. The van der Waals surface area contributed by atoms with Gasteiger partial charge in [0.15, 0.2) is 5.69 Å². The summed E-state index contributed by atoms with van der Waals surface area (Å²) in [5.74, 6) is 0.200. The minimum Gasteiger partial charge on any atom is -0.483 e. The van der Waals surface area contributed by atoms with E-state index in [9.17, 15) is 9.90 Å². The van der Waals surface area contributed by atoms with Crippen LogP contribution < -0.4 is 10.2 Å². The van der Waals surface area contributed by atoms with Crippen LogP contribution >= 0.6 is 0 Å². The highest BCUT2D eigenvalue weighted by Gasteiger charge is 2.45. The Balaban J connectivity index is 0.000000968. The third-order valence-corrected chi connectivity index (χ3v) is 5.66. The van der Waals surface area contributed by atoms with Crippen molar-refractivity contribution in [3.63, 3.8) is 0 Å². The first-order valence-corrected chi connectivity index (χ1v) is 10.6. The maximum Gasteiger partial charge on any atom is 0.290 e. The van der Waals surface area contributed by atoms with E-state index in [0.717, 1.165) is 22.6 Å². The van der Waals surface area contributed by atoms with Gasteiger partial charge in [-0.1, -0.05) is 35.5 Å². The van der Waals surface area contributed by atoms with E-state index < -0.39 is 11.6 Å². The summed E-state index contributed by atoms with van der Waals surface area (Å²) in [4.78, 5) is 27.9. The number of hydrogen-bond donors (Lipinski definition) is 3. The zero-order valence-corrected chi connectivity index (χ0v) is 18.9. The SMILES string of the molecule is Cc1cc(N2CC[C@](NC(=O)c3cc(C)on3)(c3ccccc3)[C@H](O)C2)cc(C)n1.O=CO. The molecule has 4 rings (SSSR count). The molecule has 2 atom stereocenters. The fourth-order valence-electron chi connectivity index (χ4n) is 4.19. The van der Waals surface area contributed by atoms with Gasteiger partial charge in [-0.2, -0.15) is 0 Å². The first-order valence-electron chi connectivity index (χ1n) is 10.6. The van der Waals surface area contributed by atoms with Crippen molar-refractivity contribution < 1.29 is 24.3 Å². The molecule has 3 aromatic rings. The van der Waals surface area contributed by atoms with Gasteiger partial charge in [-0.3, -0.25) is 14.6 Å². The summed E-state index contributed by atoms with van der Waals surface area (Å²) in [6.07, 6.45) is -0.277. The molecule has 1 amide bonds. The Hall–Kier alpha value is -3.72. The van der Waals surface area contributed by atoms with Crippen LogP contribution in [0.1, 0.15) is 39.6 Å². The second-order valence-corrected chi connectivity index (χ2v) is 8.04. The molecule has 1 aromatic carbocycles. The monoisotopic (exact) mass is 452 g/mol. The molecule has 9 nitrogen and oxygen atoms in total. The quantitative estimate of drug-likeness (QED) is 0.515. The van der Waals surface area contributed by atoms with Crippen molar-refractivity contribution in [2.45, 2.75) is 38.8 Å². The van der Waals surface area contributed by atoms with Crippen molar-refractivity contribution in [1.29, 1.82) is 0 Å². The smallest absolute Gasteiger partial charge is 0.290 e. The zero-order valence-electron chi connectivity index (χ0n) is 18.9. The predicted molar refractivity (Wildman–Crippen MR) is 122 cm³/mol. The number of pyridine rings is 1. The highest BCUT2D eigenvalue weighted by atomic mass is 16.5. The summed E-state index contributed by atoms with van der Waals surface area (Å²) < 4.78 is 5.05. The molecule has 33 heavy (non-hydrogen) atoms. The maximum absolute atomic E-state index is 12.9. The number of aliphatic hydroxyl groups is 1. The summed E-state index contributed by atoms with van der Waals surface area (Å²) >= 11 is 0. The Morgan fingerprint density at radius 3 is 2.36 bits per heavy atom. The number of nitrogens with one attached hydrogen (secondary N) is 1. The molecule has 0 saturated carbocycles. The van der Waals surface area contributed by atoms with Crippen LogP contribution in [0.4, 0.5) is 5.69 Å². The molecule has 3 heterocycles. The molecule has 0 spiro atoms. The van der Waals surface area contributed by atoms with Gasteiger partial charge < -0.3 is 25.0 Å². The summed E-state index contributed by atoms with van der Waals surface area (Å²) in [6, 6.07) is 15.3. The van der Waals surface area contributed by atoms with Crippen LogP contribution in [0.5, 0.6) is 0 Å². The van der Waals surface area contributed by atoms with Crippen LogP contribution in [-0.4, -0.2) is 51.9 Å². The lowest BCUT2D eigenvalue weighted by molar-refractivity contribution is -0.122. The topological polar surface area (TPSA) is 129 Å². The number of β-amino-alcohol motifs (C(OH)–C–C–N with tert-alkyl or cyclic N) is 1. The summed E-state index contributed by atoms with van der Waals surface area (Å²) in [6.45, 7) is 6.47. The van der Waals surface area contributed by atoms with Crippen molar-refractivity contribution in [3.05, 3.63) is 76.9 Å². The van der Waals surface area contributed by atoms with E-state index in [0.29, 0.717) is 25.3 Å². The average Bonchev–Trinajstić information content (AvgIpc) is 3.22. The minimum absolute atomic E-state index is 0.206. The molecule has 1 aliphatic rings. The number of amides is 1. The van der Waals surface area contributed by atoms with E-state index in [1.54, 1.807) is 13.0 Å². The first kappa shape index (κ1) is 23.9. The average molecular weight is 453 g/mol. The molecule has 2 aromatic heterocycles. The first-order chi connectivity index (χ1) is 15.8. The fraction of sp³-hybridized carbons (Fsp3) is 0.333. The standard InChI is InChI=1S/C23H26N4O3.CH2O2/c1-15-11-19(12-16(2)24-15)27-10-9-23(21(28)14-27,18-7-5-4-6-8-18)25-22(29)20-13-17(3)30-26-20;2-1-3/h4-8,11-13,21,28H,9-10,14H2,1-3H3,(H,25,29);1H,(H,2,3)/t21-,23+;/m1./s1. The number of aliphatic hydroxyl groups excluding tert-OH is 1. The molecule has 0 radical (unpaired) electrons. The van der Waals surface area contributed by atoms with Gasteiger partial charge in [-0.05, 0) is 44.9 Å². The van der Waals surface area contributed by atoms with Crippen molar-refractivity contribution in [2.24, 2.45) is 0 Å². The van der Waals surface area contributed by atoms with Gasteiger partial charge in [0, 0.05) is 36.2 Å². The number of nitrogens with zero attached hydrogens (tertiary/aromatic N) is 3. The summed E-state index contributed by atoms with van der Waals surface area (Å²) in [5.41, 5.74) is 3.06. The molecule has 1 fully saturated rings. The van der Waals surface area contributed by atoms with Gasteiger partial charge in [-0.25, -0.2) is 0 Å². The Morgan fingerprint density at radius 2 is 1.82 bits per heavy atom. The van der Waals surface area contributed by atoms with E-state index in [1.165, 1.54) is 0 Å². The Kier molecular flexibility index (Phi) is 7.44. The number of piperidine rings is 1. The van der Waals surface area contributed by atoms with E-state index in [1.807, 2.05) is 56.3 Å². The van der Waals surface area contributed by atoms with Gasteiger partial charge in [0.1, 0.15) is 5.76 Å². The zero-order chi connectivity index (χ0) is 24.0. The molecule has 0 bridgehead atoms. The van der Waals surface area contributed by atoms with Crippen LogP contribution in [0.25, 0.3) is 0 Å². The van der Waals surface area contributed by atoms with Crippen LogP contribution in [0.15, 0.2) is 53.1 Å². The number of anilines is 1. The normalized spacial score (nSPS) is 19.9. The molecule has 1 saturated heterocycles. The van der Waals surface area contributed by atoms with E-state index in [-0.39, 0.29) is 18.1 Å². The Morgan fingerprint density at radius 1 is 1.18 bits per heavy atom. The summed E-state index contributed by atoms with van der Waals surface area (Å²) in [5, 5.41) is 25.1. The predicted octanol–water partition coefficient (Wildman–Crippen LogP) is 2.59. The number of hydrogen-bond acceptors (Lipinski definition) is 7. The van der Waals surface area contributed by atoms with Gasteiger partial charge in [0.05, 0.1) is 11.6 Å². The van der Waals surface area contributed by atoms with E-state index >= 15 is 0 Å². The number of carbonyl (C=O) groups excluding carboxylic acids is 1. The third-order valence-electron chi connectivity index (χ3n) is 5.66. The molecular formula is C24H28N4O5. The largest absolute Gasteiger partial charge is 0.483 e. The molecule has 1 aliphatic heterocycles. The second kappa shape index (κ2) is 10.3. The number of carbonyl (C=O) groups is 2. The molecule has 0 aliphatic carbocycles. The lowest BCUT2D eigenvalue weighted by atomic mass is 9.78. The molecule has 3 N–H and O–H groups in total. The highest BCUT2D eigenvalue weighted by molar-refractivity contribution is 5.93. The molecular weight excluding hydrogens is 424 g/mol. The molecule has 174 valence electrons. The van der Waals surface area contributed by atoms with Crippen LogP contribution in [-0.2, 0) is 10.3 Å². The van der Waals surface area contributed by atoms with Gasteiger partial charge in [0.2, 0.25) is 0 Å². The van der Waals surface area contributed by atoms with Crippen LogP contribution in [0.2, 0.25) is 0 Å². The minimum atomic E-state index is -0.918. The molecule has 9 heteroatoms. The fourth-order valence-corrected chi connectivity index (χ4v) is 4.19. The maximum atomic E-state index is 12.9. The third kappa shape index (κ3) is 5.38. The van der Waals surface area contributed by atoms with Gasteiger partial charge >= 0.3 is 0 Å². The van der Waals surface area contributed by atoms with E-state index in [4.69, 9.17) is 14.4 Å². The summed E-state index contributed by atoms with van der Waals surface area (Å²) in [7, 11) is 0. The number of benzene rings is 1. The Labute approximate surface area is 192 Å². The second-order valence-electron chi connectivity index (χ2n) is 8.04. The van der Waals surface area contributed by atoms with Crippen molar-refractivity contribution >= 4 is 18.1 Å². The number of aromatic nitrogens is 2. The molecule has 0 unspecified atom stereocenters. The Bertz CT molecular complexity index is 1080. The van der Waals surface area contributed by atoms with Gasteiger partial charge in [0.25, 0.3) is 12.4 Å². The number of carboxylic acid groups (broad SMARTS) is 1. The number of aryl methyl sites for hydroxylation is 3. The van der Waals surface area contributed by atoms with Crippen molar-refractivity contribution in [1.82, 2.24) is 15.5 Å². The van der Waals surface area contributed by atoms with Crippen LogP contribution in [0.3, 0.4) is 0 Å².